The molecule has 120 valence electrons. The standard InChI is InChI=1S/C18H14N2O4/c21-14-6-12-5-13(8-20-18(12)23-10-14)17(22)19-9-15-7-11-3-1-2-4-16(11)24-15/h1-5,7-8H,6,9-10H2,(H,19,22). The minimum atomic E-state index is -0.274. The van der Waals surface area contributed by atoms with Gasteiger partial charge in [-0.2, -0.15) is 0 Å². The van der Waals surface area contributed by atoms with Gasteiger partial charge < -0.3 is 14.5 Å². The van der Waals surface area contributed by atoms with Crippen LogP contribution in [0.2, 0.25) is 0 Å². The number of nitrogens with zero attached hydrogens (tertiary/aromatic N) is 1. The first kappa shape index (κ1) is 14.4. The normalized spacial score (nSPS) is 13.4. The number of pyridine rings is 1. The number of amides is 1. The first-order chi connectivity index (χ1) is 11.7. The Labute approximate surface area is 137 Å². The van der Waals surface area contributed by atoms with Gasteiger partial charge in [-0.15, -0.1) is 0 Å². The molecule has 0 fully saturated rings. The van der Waals surface area contributed by atoms with E-state index in [-0.39, 0.29) is 31.3 Å². The second kappa shape index (κ2) is 5.81. The topological polar surface area (TPSA) is 81.4 Å². The molecular weight excluding hydrogens is 308 g/mol. The molecule has 0 saturated carbocycles. The number of ether oxygens (including phenoxy) is 1. The number of hydrogen-bond donors (Lipinski definition) is 1. The first-order valence-corrected chi connectivity index (χ1v) is 7.58. The summed E-state index contributed by atoms with van der Waals surface area (Å²) in [5, 5.41) is 3.79. The van der Waals surface area contributed by atoms with Crippen LogP contribution in [0.4, 0.5) is 0 Å². The van der Waals surface area contributed by atoms with Gasteiger partial charge in [-0.05, 0) is 18.2 Å². The smallest absolute Gasteiger partial charge is 0.253 e. The van der Waals surface area contributed by atoms with E-state index in [9.17, 15) is 9.59 Å². The molecule has 1 aliphatic rings. The van der Waals surface area contributed by atoms with Crippen LogP contribution in [0.5, 0.6) is 5.88 Å². The highest BCUT2D eigenvalue weighted by Crippen LogP contribution is 2.22. The van der Waals surface area contributed by atoms with E-state index in [0.717, 1.165) is 11.0 Å². The molecule has 0 spiro atoms. The summed E-state index contributed by atoms with van der Waals surface area (Å²) in [5.74, 6) is 0.797. The number of para-hydroxylation sites is 1. The lowest BCUT2D eigenvalue weighted by Crippen LogP contribution is -2.25. The predicted molar refractivity (Wildman–Crippen MR) is 85.8 cm³/mol. The Morgan fingerprint density at radius 1 is 1.25 bits per heavy atom. The minimum absolute atomic E-state index is 0.0240. The van der Waals surface area contributed by atoms with Gasteiger partial charge in [-0.25, -0.2) is 4.98 Å². The lowest BCUT2D eigenvalue weighted by Gasteiger charge is -2.15. The highest BCUT2D eigenvalue weighted by atomic mass is 16.5. The van der Waals surface area contributed by atoms with E-state index in [4.69, 9.17) is 9.15 Å². The number of furan rings is 1. The predicted octanol–water partition coefficient (Wildman–Crippen LogP) is 2.26. The molecule has 0 bridgehead atoms. The number of ketones is 1. The Hall–Kier alpha value is -3.15. The zero-order chi connectivity index (χ0) is 16.5. The van der Waals surface area contributed by atoms with Crippen LogP contribution in [0, 0.1) is 0 Å². The van der Waals surface area contributed by atoms with Crippen molar-refractivity contribution in [1.82, 2.24) is 10.3 Å². The van der Waals surface area contributed by atoms with E-state index in [1.54, 1.807) is 6.07 Å². The minimum Gasteiger partial charge on any atom is -0.469 e. The number of Topliss-reactive ketones (excluding diaryl/α,β-unsaturated/α-hetero) is 1. The molecule has 0 saturated heterocycles. The van der Waals surface area contributed by atoms with Crippen LogP contribution in [0.3, 0.4) is 0 Å². The molecule has 0 radical (unpaired) electrons. The fourth-order valence-corrected chi connectivity index (χ4v) is 2.68. The van der Waals surface area contributed by atoms with Gasteiger partial charge in [-0.1, -0.05) is 18.2 Å². The maximum absolute atomic E-state index is 12.3. The molecule has 0 aliphatic carbocycles. The van der Waals surface area contributed by atoms with Crippen LogP contribution < -0.4 is 10.1 Å². The molecule has 1 N–H and O–H groups in total. The summed E-state index contributed by atoms with van der Waals surface area (Å²) in [4.78, 5) is 27.8. The lowest BCUT2D eigenvalue weighted by molar-refractivity contribution is -0.121. The molecule has 4 rings (SSSR count). The number of hydrogen-bond acceptors (Lipinski definition) is 5. The molecule has 1 aromatic carbocycles. The molecule has 24 heavy (non-hydrogen) atoms. The van der Waals surface area contributed by atoms with Crippen molar-refractivity contribution in [3.05, 3.63) is 59.5 Å². The van der Waals surface area contributed by atoms with Crippen LogP contribution >= 0.6 is 0 Å². The molecule has 0 unspecified atom stereocenters. The fourth-order valence-electron chi connectivity index (χ4n) is 2.68. The number of nitrogens with one attached hydrogen (secondary N) is 1. The summed E-state index contributed by atoms with van der Waals surface area (Å²) in [5.41, 5.74) is 1.82. The SMILES string of the molecule is O=C1COc2ncc(C(=O)NCc3cc4ccccc4o3)cc2C1. The van der Waals surface area contributed by atoms with Gasteiger partial charge in [0.05, 0.1) is 12.1 Å². The summed E-state index contributed by atoms with van der Waals surface area (Å²) >= 11 is 0. The Morgan fingerprint density at radius 3 is 3.00 bits per heavy atom. The molecule has 1 amide bonds. The van der Waals surface area contributed by atoms with Crippen molar-refractivity contribution in [3.8, 4) is 5.88 Å². The van der Waals surface area contributed by atoms with Crippen molar-refractivity contribution in [3.63, 3.8) is 0 Å². The number of benzene rings is 1. The average Bonchev–Trinajstić information content (AvgIpc) is 3.02. The van der Waals surface area contributed by atoms with E-state index in [2.05, 4.69) is 10.3 Å². The Kier molecular flexibility index (Phi) is 3.49. The number of fused-ring (bicyclic) bond motifs is 2. The van der Waals surface area contributed by atoms with E-state index in [1.165, 1.54) is 6.20 Å². The molecule has 1 aliphatic heterocycles. The van der Waals surface area contributed by atoms with Gasteiger partial charge in [0.1, 0.15) is 18.0 Å². The Bertz CT molecular complexity index is 912. The molecule has 2 aromatic heterocycles. The number of carbonyl (C=O) groups excluding carboxylic acids is 2. The number of carbonyl (C=O) groups is 2. The molecule has 6 nitrogen and oxygen atoms in total. The lowest BCUT2D eigenvalue weighted by atomic mass is 10.1. The van der Waals surface area contributed by atoms with E-state index >= 15 is 0 Å². The van der Waals surface area contributed by atoms with Crippen molar-refractivity contribution in [2.75, 3.05) is 6.61 Å². The quantitative estimate of drug-likeness (QED) is 0.800. The van der Waals surface area contributed by atoms with E-state index in [1.807, 2.05) is 30.3 Å². The second-order valence-corrected chi connectivity index (χ2v) is 5.63. The summed E-state index contributed by atoms with van der Waals surface area (Å²) in [6.07, 6.45) is 1.69. The van der Waals surface area contributed by atoms with Crippen molar-refractivity contribution in [1.29, 1.82) is 0 Å². The average molecular weight is 322 g/mol. The Morgan fingerprint density at radius 2 is 2.12 bits per heavy atom. The zero-order valence-electron chi connectivity index (χ0n) is 12.7. The van der Waals surface area contributed by atoms with Crippen LogP contribution in [-0.2, 0) is 17.8 Å². The van der Waals surface area contributed by atoms with Crippen molar-refractivity contribution in [2.45, 2.75) is 13.0 Å². The third-order valence-corrected chi connectivity index (χ3v) is 3.84. The summed E-state index contributed by atoms with van der Waals surface area (Å²) < 4.78 is 10.9. The van der Waals surface area contributed by atoms with Gasteiger partial charge in [0.2, 0.25) is 5.88 Å². The highest BCUT2D eigenvalue weighted by molar-refractivity contribution is 5.94. The Balaban J connectivity index is 1.48. The van der Waals surface area contributed by atoms with Crippen LogP contribution in [0.15, 0.2) is 47.0 Å². The van der Waals surface area contributed by atoms with Gasteiger partial charge in [0, 0.05) is 23.6 Å². The molecule has 3 aromatic rings. The fraction of sp³-hybridized carbons (Fsp3) is 0.167. The summed E-state index contributed by atoms with van der Waals surface area (Å²) in [6, 6.07) is 11.2. The first-order valence-electron chi connectivity index (χ1n) is 7.58. The van der Waals surface area contributed by atoms with E-state index in [0.29, 0.717) is 22.8 Å². The van der Waals surface area contributed by atoms with E-state index < -0.39 is 0 Å². The summed E-state index contributed by atoms with van der Waals surface area (Å²) in [6.45, 7) is 0.317. The van der Waals surface area contributed by atoms with Gasteiger partial charge >= 0.3 is 0 Å². The van der Waals surface area contributed by atoms with Crippen molar-refractivity contribution >= 4 is 22.7 Å². The third-order valence-electron chi connectivity index (χ3n) is 3.84. The summed E-state index contributed by atoms with van der Waals surface area (Å²) in [7, 11) is 0. The number of rotatable bonds is 3. The number of aromatic nitrogens is 1. The molecule has 0 atom stereocenters. The third kappa shape index (κ3) is 2.74. The van der Waals surface area contributed by atoms with Gasteiger partial charge in [0.25, 0.3) is 5.91 Å². The maximum atomic E-state index is 12.3. The van der Waals surface area contributed by atoms with Crippen LogP contribution in [0.1, 0.15) is 21.7 Å². The van der Waals surface area contributed by atoms with Crippen LogP contribution in [-0.4, -0.2) is 23.3 Å². The van der Waals surface area contributed by atoms with Crippen molar-refractivity contribution < 1.29 is 18.7 Å². The molecule has 6 heteroatoms. The van der Waals surface area contributed by atoms with Gasteiger partial charge in [0.15, 0.2) is 5.78 Å². The second-order valence-electron chi connectivity index (χ2n) is 5.63. The zero-order valence-corrected chi connectivity index (χ0v) is 12.7. The largest absolute Gasteiger partial charge is 0.469 e. The van der Waals surface area contributed by atoms with Gasteiger partial charge in [-0.3, -0.25) is 9.59 Å². The maximum Gasteiger partial charge on any atom is 0.253 e. The molecule has 3 heterocycles. The monoisotopic (exact) mass is 322 g/mol. The highest BCUT2D eigenvalue weighted by Gasteiger charge is 2.20. The molecular formula is C18H14N2O4. The van der Waals surface area contributed by atoms with Crippen molar-refractivity contribution in [2.24, 2.45) is 0 Å². The van der Waals surface area contributed by atoms with Crippen LogP contribution in [0.25, 0.3) is 11.0 Å².